The molecule has 1 aromatic carbocycles. The Morgan fingerprint density at radius 3 is 2.33 bits per heavy atom. The number of hydrogen-bond donors (Lipinski definition) is 1. The van der Waals surface area contributed by atoms with Gasteiger partial charge in [-0.1, -0.05) is 13.8 Å². The molecule has 6 heteroatoms. The summed E-state index contributed by atoms with van der Waals surface area (Å²) in [5, 5.41) is 2.90. The first-order valence-electron chi connectivity index (χ1n) is 7.04. The molecule has 1 unspecified atom stereocenters. The topological polar surface area (TPSA) is 49.4 Å². The fraction of sp³-hybridized carbons (Fsp3) is 0.600. The van der Waals surface area contributed by atoms with Crippen LogP contribution in [0.5, 0.6) is 0 Å². The summed E-state index contributed by atoms with van der Waals surface area (Å²) in [6, 6.07) is 2.76. The maximum atomic E-state index is 14.0. The van der Waals surface area contributed by atoms with Crippen LogP contribution in [0.2, 0.25) is 0 Å². The molecule has 0 amide bonds. The molecule has 0 fully saturated rings. The summed E-state index contributed by atoms with van der Waals surface area (Å²) >= 11 is 0. The molecule has 21 heavy (non-hydrogen) atoms. The number of rotatable bonds is 6. The minimum Gasteiger partial charge on any atom is -0.316 e. The van der Waals surface area contributed by atoms with Crippen molar-refractivity contribution in [2.24, 2.45) is 5.92 Å². The van der Waals surface area contributed by atoms with Crippen molar-refractivity contribution in [3.63, 3.8) is 0 Å². The highest BCUT2D eigenvalue weighted by Crippen LogP contribution is 2.26. The first-order valence-corrected chi connectivity index (χ1v) is 8.48. The highest BCUT2D eigenvalue weighted by Gasteiger charge is 2.29. The van der Waals surface area contributed by atoms with Crippen LogP contribution < -0.4 is 5.32 Å². The molecular formula is C15H25FN2O2S. The average Bonchev–Trinajstić information content (AvgIpc) is 2.40. The van der Waals surface area contributed by atoms with Crippen molar-refractivity contribution in [3.8, 4) is 0 Å². The van der Waals surface area contributed by atoms with Gasteiger partial charge in [0.05, 0.1) is 4.90 Å². The number of halogens is 1. The second-order valence-electron chi connectivity index (χ2n) is 5.74. The third-order valence-corrected chi connectivity index (χ3v) is 6.00. The van der Waals surface area contributed by atoms with Gasteiger partial charge in [-0.05, 0) is 44.5 Å². The zero-order valence-corrected chi connectivity index (χ0v) is 14.4. The van der Waals surface area contributed by atoms with Gasteiger partial charge in [-0.2, -0.15) is 4.31 Å². The molecule has 1 aromatic rings. The predicted molar refractivity (Wildman–Crippen MR) is 83.1 cm³/mol. The van der Waals surface area contributed by atoms with Crippen LogP contribution in [0.3, 0.4) is 0 Å². The lowest BCUT2D eigenvalue weighted by Crippen LogP contribution is -2.38. The van der Waals surface area contributed by atoms with E-state index in [0.717, 1.165) is 0 Å². The monoisotopic (exact) mass is 316 g/mol. The highest BCUT2D eigenvalue weighted by atomic mass is 32.2. The molecule has 0 aliphatic rings. The van der Waals surface area contributed by atoms with Gasteiger partial charge in [0.2, 0.25) is 10.0 Å². The van der Waals surface area contributed by atoms with E-state index >= 15 is 0 Å². The first kappa shape index (κ1) is 18.1. The minimum atomic E-state index is -3.71. The van der Waals surface area contributed by atoms with E-state index in [2.05, 4.69) is 5.32 Å². The molecule has 0 aromatic heterocycles. The maximum absolute atomic E-state index is 14.0. The molecule has 0 saturated carbocycles. The smallest absolute Gasteiger partial charge is 0.243 e. The van der Waals surface area contributed by atoms with E-state index in [1.807, 2.05) is 20.8 Å². The van der Waals surface area contributed by atoms with Crippen molar-refractivity contribution in [2.45, 2.75) is 45.2 Å². The quantitative estimate of drug-likeness (QED) is 0.877. The van der Waals surface area contributed by atoms with Crippen LogP contribution in [0.1, 0.15) is 31.9 Å². The van der Waals surface area contributed by atoms with Crippen LogP contribution >= 0.6 is 0 Å². The van der Waals surface area contributed by atoms with Crippen molar-refractivity contribution in [1.82, 2.24) is 9.62 Å². The average molecular weight is 316 g/mol. The van der Waals surface area contributed by atoms with Gasteiger partial charge in [-0.3, -0.25) is 0 Å². The van der Waals surface area contributed by atoms with Crippen molar-refractivity contribution in [3.05, 3.63) is 29.1 Å². The Balaban J connectivity index is 3.37. The molecular weight excluding hydrogens is 291 g/mol. The van der Waals surface area contributed by atoms with Gasteiger partial charge < -0.3 is 5.32 Å². The van der Waals surface area contributed by atoms with Crippen LogP contribution in [-0.4, -0.2) is 32.9 Å². The molecule has 4 nitrogen and oxygen atoms in total. The standard InChI is InChI=1S/C15H25FN2O2S/c1-10(2)12(4)18(6)21(19,20)15-8-13(9-17-5)7-14(16)11(15)3/h7-8,10,12,17H,9H2,1-6H3. The zero-order valence-electron chi connectivity index (χ0n) is 13.6. The summed E-state index contributed by atoms with van der Waals surface area (Å²) in [5.41, 5.74) is 0.780. The third-order valence-electron chi connectivity index (χ3n) is 3.93. The van der Waals surface area contributed by atoms with E-state index in [-0.39, 0.29) is 22.4 Å². The molecule has 1 N–H and O–H groups in total. The van der Waals surface area contributed by atoms with Crippen LogP contribution in [0.15, 0.2) is 17.0 Å². The first-order chi connectivity index (χ1) is 9.62. The number of sulfonamides is 1. The fourth-order valence-corrected chi connectivity index (χ4v) is 3.85. The lowest BCUT2D eigenvalue weighted by molar-refractivity contribution is 0.315. The van der Waals surface area contributed by atoms with Crippen molar-refractivity contribution in [2.75, 3.05) is 14.1 Å². The van der Waals surface area contributed by atoms with E-state index in [1.165, 1.54) is 17.3 Å². The third kappa shape index (κ3) is 3.81. The van der Waals surface area contributed by atoms with Gasteiger partial charge in [-0.15, -0.1) is 0 Å². The highest BCUT2D eigenvalue weighted by molar-refractivity contribution is 7.89. The Morgan fingerprint density at radius 2 is 1.86 bits per heavy atom. The number of hydrogen-bond acceptors (Lipinski definition) is 3. The summed E-state index contributed by atoms with van der Waals surface area (Å²) < 4.78 is 40.8. The molecule has 0 saturated heterocycles. The van der Waals surface area contributed by atoms with E-state index in [0.29, 0.717) is 12.1 Å². The van der Waals surface area contributed by atoms with Gasteiger partial charge in [0.25, 0.3) is 0 Å². The van der Waals surface area contributed by atoms with Crippen LogP contribution in [-0.2, 0) is 16.6 Å². The summed E-state index contributed by atoms with van der Waals surface area (Å²) in [4.78, 5) is 0.0442. The lowest BCUT2D eigenvalue weighted by atomic mass is 10.1. The summed E-state index contributed by atoms with van der Waals surface area (Å²) in [7, 11) is -0.433. The normalized spacial score (nSPS) is 14.0. The van der Waals surface area contributed by atoms with E-state index in [4.69, 9.17) is 0 Å². The summed E-state index contributed by atoms with van der Waals surface area (Å²) in [5.74, 6) is -0.317. The number of nitrogens with zero attached hydrogens (tertiary/aromatic N) is 1. The van der Waals surface area contributed by atoms with Crippen molar-refractivity contribution < 1.29 is 12.8 Å². The van der Waals surface area contributed by atoms with Gasteiger partial charge in [-0.25, -0.2) is 12.8 Å². The molecule has 120 valence electrons. The molecule has 0 heterocycles. The van der Waals surface area contributed by atoms with E-state index < -0.39 is 15.8 Å². The summed E-state index contributed by atoms with van der Waals surface area (Å²) in [6.45, 7) is 7.69. The predicted octanol–water partition coefficient (Wildman–Crippen LogP) is 2.52. The number of benzene rings is 1. The molecule has 0 aliphatic carbocycles. The van der Waals surface area contributed by atoms with Gasteiger partial charge in [0, 0.05) is 25.2 Å². The minimum absolute atomic E-state index is 0.0442. The van der Waals surface area contributed by atoms with E-state index in [9.17, 15) is 12.8 Å². The Kier molecular flexibility index (Phi) is 5.90. The van der Waals surface area contributed by atoms with Gasteiger partial charge in [0.1, 0.15) is 5.82 Å². The molecule has 0 aliphatic heterocycles. The lowest BCUT2D eigenvalue weighted by Gasteiger charge is -2.28. The van der Waals surface area contributed by atoms with Crippen LogP contribution in [0, 0.1) is 18.7 Å². The van der Waals surface area contributed by atoms with Crippen molar-refractivity contribution >= 4 is 10.0 Å². The SMILES string of the molecule is CNCc1cc(F)c(C)c(S(=O)(=O)N(C)C(C)C(C)C)c1. The zero-order chi connectivity index (χ0) is 16.4. The molecule has 1 rings (SSSR count). The second kappa shape index (κ2) is 6.85. The Morgan fingerprint density at radius 1 is 1.29 bits per heavy atom. The molecule has 1 atom stereocenters. The Bertz CT molecular complexity index is 600. The van der Waals surface area contributed by atoms with Crippen LogP contribution in [0.25, 0.3) is 0 Å². The Labute approximate surface area is 127 Å². The Hall–Kier alpha value is -0.980. The second-order valence-corrected chi connectivity index (χ2v) is 7.70. The van der Waals surface area contributed by atoms with Gasteiger partial charge in [0.15, 0.2) is 0 Å². The molecule has 0 bridgehead atoms. The van der Waals surface area contributed by atoms with Crippen molar-refractivity contribution in [1.29, 1.82) is 0 Å². The fourth-order valence-electron chi connectivity index (χ4n) is 2.08. The molecule has 0 radical (unpaired) electrons. The molecule has 0 spiro atoms. The van der Waals surface area contributed by atoms with Gasteiger partial charge >= 0.3 is 0 Å². The number of nitrogens with one attached hydrogen (secondary N) is 1. The van der Waals surface area contributed by atoms with E-state index in [1.54, 1.807) is 20.2 Å². The summed E-state index contributed by atoms with van der Waals surface area (Å²) in [6.07, 6.45) is 0. The van der Waals surface area contributed by atoms with Crippen LogP contribution in [0.4, 0.5) is 4.39 Å². The maximum Gasteiger partial charge on any atom is 0.243 e. The largest absolute Gasteiger partial charge is 0.316 e.